The van der Waals surface area contributed by atoms with Gasteiger partial charge in [-0.2, -0.15) is 5.26 Å². The number of halogens is 1. The minimum absolute atomic E-state index is 0.0411. The van der Waals surface area contributed by atoms with E-state index in [9.17, 15) is 0 Å². The van der Waals surface area contributed by atoms with Crippen molar-refractivity contribution in [1.82, 2.24) is 0 Å². The lowest BCUT2D eigenvalue weighted by atomic mass is 10.1. The Bertz CT molecular complexity index is 696. The van der Waals surface area contributed by atoms with Crippen LogP contribution in [-0.4, -0.2) is 19.2 Å². The van der Waals surface area contributed by atoms with Crippen molar-refractivity contribution in [2.24, 2.45) is 0 Å². The van der Waals surface area contributed by atoms with Gasteiger partial charge in [0, 0.05) is 18.8 Å². The Morgan fingerprint density at radius 1 is 1.18 bits per heavy atom. The molecule has 3 rings (SSSR count). The minimum Gasteiger partial charge on any atom is -0.367 e. The molecule has 0 amide bonds. The quantitative estimate of drug-likeness (QED) is 0.834. The first kappa shape index (κ1) is 14.9. The number of hydrogen-bond acceptors (Lipinski definition) is 3. The average Bonchev–Trinajstić information content (AvgIpc) is 2.55. The Kier molecular flexibility index (Phi) is 4.33. The summed E-state index contributed by atoms with van der Waals surface area (Å²) >= 11 is 6.16. The van der Waals surface area contributed by atoms with Crippen LogP contribution in [0.5, 0.6) is 0 Å². The van der Waals surface area contributed by atoms with Crippen molar-refractivity contribution >= 4 is 17.3 Å². The molecule has 1 aliphatic rings. The van der Waals surface area contributed by atoms with Crippen molar-refractivity contribution in [2.75, 3.05) is 18.0 Å². The van der Waals surface area contributed by atoms with Crippen LogP contribution in [0.4, 0.5) is 5.69 Å². The summed E-state index contributed by atoms with van der Waals surface area (Å²) in [6.07, 6.45) is 0.174. The van der Waals surface area contributed by atoms with Gasteiger partial charge in [-0.05, 0) is 30.7 Å². The van der Waals surface area contributed by atoms with E-state index in [4.69, 9.17) is 21.6 Å². The molecule has 2 aromatic carbocycles. The number of anilines is 1. The molecular weight excluding hydrogens is 296 g/mol. The summed E-state index contributed by atoms with van der Waals surface area (Å²) in [6, 6.07) is 17.9. The SMILES string of the molecule is CC1CN(c2ccc(C#N)c(Cl)c2)CC(c2ccccc2)O1. The maximum atomic E-state index is 8.98. The summed E-state index contributed by atoms with van der Waals surface area (Å²) in [7, 11) is 0. The third kappa shape index (κ3) is 3.09. The maximum absolute atomic E-state index is 8.98. The fourth-order valence-electron chi connectivity index (χ4n) is 2.81. The Morgan fingerprint density at radius 3 is 2.64 bits per heavy atom. The van der Waals surface area contributed by atoms with E-state index in [1.54, 1.807) is 6.07 Å². The molecule has 0 spiro atoms. The number of rotatable bonds is 2. The van der Waals surface area contributed by atoms with Gasteiger partial charge in [-0.25, -0.2) is 0 Å². The number of morpholine rings is 1. The van der Waals surface area contributed by atoms with E-state index in [0.29, 0.717) is 10.6 Å². The van der Waals surface area contributed by atoms with Crippen LogP contribution in [0.1, 0.15) is 24.2 Å². The van der Waals surface area contributed by atoms with Crippen LogP contribution >= 0.6 is 11.6 Å². The number of hydrogen-bond donors (Lipinski definition) is 0. The number of nitriles is 1. The molecule has 2 atom stereocenters. The molecule has 1 aliphatic heterocycles. The van der Waals surface area contributed by atoms with Crippen molar-refractivity contribution in [3.63, 3.8) is 0 Å². The predicted molar refractivity (Wildman–Crippen MR) is 88.1 cm³/mol. The van der Waals surface area contributed by atoms with Crippen LogP contribution in [0.15, 0.2) is 48.5 Å². The van der Waals surface area contributed by atoms with Crippen molar-refractivity contribution < 1.29 is 4.74 Å². The fraction of sp³-hybridized carbons (Fsp3) is 0.278. The van der Waals surface area contributed by atoms with Gasteiger partial charge in [0.05, 0.1) is 16.7 Å². The second-order valence-electron chi connectivity index (χ2n) is 5.53. The summed E-state index contributed by atoms with van der Waals surface area (Å²) in [5.41, 5.74) is 2.71. The highest BCUT2D eigenvalue weighted by molar-refractivity contribution is 6.32. The first-order valence-electron chi connectivity index (χ1n) is 7.32. The predicted octanol–water partition coefficient (Wildman–Crippen LogP) is 4.18. The fourth-order valence-corrected chi connectivity index (χ4v) is 3.02. The van der Waals surface area contributed by atoms with E-state index in [1.807, 2.05) is 30.3 Å². The lowest BCUT2D eigenvalue weighted by Crippen LogP contribution is -2.42. The molecule has 1 saturated heterocycles. The van der Waals surface area contributed by atoms with E-state index in [2.05, 4.69) is 30.0 Å². The molecule has 1 fully saturated rings. The van der Waals surface area contributed by atoms with E-state index in [1.165, 1.54) is 5.56 Å². The van der Waals surface area contributed by atoms with Crippen LogP contribution in [-0.2, 0) is 4.74 Å². The molecule has 22 heavy (non-hydrogen) atoms. The van der Waals surface area contributed by atoms with E-state index in [-0.39, 0.29) is 12.2 Å². The molecule has 1 heterocycles. The van der Waals surface area contributed by atoms with E-state index >= 15 is 0 Å². The molecular formula is C18H17ClN2O. The van der Waals surface area contributed by atoms with Crippen molar-refractivity contribution in [2.45, 2.75) is 19.1 Å². The highest BCUT2D eigenvalue weighted by Gasteiger charge is 2.26. The van der Waals surface area contributed by atoms with Crippen molar-refractivity contribution in [1.29, 1.82) is 5.26 Å². The zero-order valence-electron chi connectivity index (χ0n) is 12.4. The highest BCUT2D eigenvalue weighted by Crippen LogP contribution is 2.30. The van der Waals surface area contributed by atoms with Gasteiger partial charge in [-0.1, -0.05) is 41.9 Å². The molecule has 112 valence electrons. The first-order chi connectivity index (χ1) is 10.7. The summed E-state index contributed by atoms with van der Waals surface area (Å²) in [5, 5.41) is 9.48. The smallest absolute Gasteiger partial charge is 0.101 e. The molecule has 0 saturated carbocycles. The largest absolute Gasteiger partial charge is 0.367 e. The van der Waals surface area contributed by atoms with Gasteiger partial charge in [0.15, 0.2) is 0 Å². The van der Waals surface area contributed by atoms with Gasteiger partial charge in [-0.15, -0.1) is 0 Å². The highest BCUT2D eigenvalue weighted by atomic mass is 35.5. The third-order valence-corrected chi connectivity index (χ3v) is 4.18. The molecule has 2 aromatic rings. The number of ether oxygens (including phenoxy) is 1. The molecule has 0 radical (unpaired) electrons. The van der Waals surface area contributed by atoms with Crippen LogP contribution in [0.2, 0.25) is 5.02 Å². The molecule has 0 aliphatic carbocycles. The Hall–Kier alpha value is -2.02. The maximum Gasteiger partial charge on any atom is 0.101 e. The lowest BCUT2D eigenvalue weighted by molar-refractivity contribution is -0.0173. The van der Waals surface area contributed by atoms with Gasteiger partial charge >= 0.3 is 0 Å². The standard InChI is InChI=1S/C18H17ClN2O/c1-13-11-21(16-8-7-15(10-20)17(19)9-16)12-18(22-13)14-5-3-2-4-6-14/h2-9,13,18H,11-12H2,1H3. The Labute approximate surface area is 135 Å². The van der Waals surface area contributed by atoms with Gasteiger partial charge < -0.3 is 9.64 Å². The van der Waals surface area contributed by atoms with Crippen molar-refractivity contribution in [3.05, 3.63) is 64.7 Å². The average molecular weight is 313 g/mol. The molecule has 2 unspecified atom stereocenters. The van der Waals surface area contributed by atoms with Gasteiger partial charge in [-0.3, -0.25) is 0 Å². The van der Waals surface area contributed by atoms with Crippen molar-refractivity contribution in [3.8, 4) is 6.07 Å². The normalized spacial score (nSPS) is 21.4. The summed E-state index contributed by atoms with van der Waals surface area (Å²) in [4.78, 5) is 2.26. The van der Waals surface area contributed by atoms with E-state index < -0.39 is 0 Å². The molecule has 4 heteroatoms. The summed E-state index contributed by atoms with van der Waals surface area (Å²) in [5.74, 6) is 0. The summed E-state index contributed by atoms with van der Waals surface area (Å²) in [6.45, 7) is 3.66. The Balaban J connectivity index is 1.85. The first-order valence-corrected chi connectivity index (χ1v) is 7.70. The number of nitrogens with zero attached hydrogens (tertiary/aromatic N) is 2. The molecule has 0 aromatic heterocycles. The van der Waals surface area contributed by atoms with Crippen LogP contribution < -0.4 is 4.90 Å². The molecule has 0 bridgehead atoms. The van der Waals surface area contributed by atoms with Crippen LogP contribution in [0.3, 0.4) is 0 Å². The van der Waals surface area contributed by atoms with Crippen LogP contribution in [0.25, 0.3) is 0 Å². The topological polar surface area (TPSA) is 36.3 Å². The van der Waals surface area contributed by atoms with Gasteiger partial charge in [0.25, 0.3) is 0 Å². The second kappa shape index (κ2) is 6.39. The third-order valence-electron chi connectivity index (χ3n) is 3.87. The number of benzene rings is 2. The molecule has 3 nitrogen and oxygen atoms in total. The van der Waals surface area contributed by atoms with Gasteiger partial charge in [0.2, 0.25) is 0 Å². The van der Waals surface area contributed by atoms with E-state index in [0.717, 1.165) is 18.8 Å². The molecule has 0 N–H and O–H groups in total. The second-order valence-corrected chi connectivity index (χ2v) is 5.93. The zero-order valence-corrected chi connectivity index (χ0v) is 13.1. The summed E-state index contributed by atoms with van der Waals surface area (Å²) < 4.78 is 6.07. The Morgan fingerprint density at radius 2 is 1.95 bits per heavy atom. The van der Waals surface area contributed by atoms with Crippen LogP contribution in [0, 0.1) is 11.3 Å². The minimum atomic E-state index is 0.0411. The zero-order chi connectivity index (χ0) is 15.5. The lowest BCUT2D eigenvalue weighted by Gasteiger charge is -2.38. The monoisotopic (exact) mass is 312 g/mol. The van der Waals surface area contributed by atoms with Gasteiger partial charge in [0.1, 0.15) is 12.2 Å².